The summed E-state index contributed by atoms with van der Waals surface area (Å²) < 4.78 is 6.10. The van der Waals surface area contributed by atoms with Crippen LogP contribution in [0.4, 0.5) is 15.3 Å². The molecule has 10 nitrogen and oxygen atoms in total. The Kier molecular flexibility index (Phi) is 3.97. The molecule has 0 spiro atoms. The van der Waals surface area contributed by atoms with Gasteiger partial charge in [0.2, 0.25) is 0 Å². The van der Waals surface area contributed by atoms with Crippen molar-refractivity contribution in [1.82, 2.24) is 25.3 Å². The molecule has 2 aromatic heterocycles. The fourth-order valence-electron chi connectivity index (χ4n) is 1.52. The minimum absolute atomic E-state index is 0.0852. The van der Waals surface area contributed by atoms with Crippen molar-refractivity contribution in [3.8, 4) is 17.3 Å². The van der Waals surface area contributed by atoms with E-state index in [0.717, 1.165) is 0 Å². The van der Waals surface area contributed by atoms with Crippen molar-refractivity contribution in [3.05, 3.63) is 18.3 Å². The number of nitrogens with two attached hydrogens (primary N) is 1. The largest absolute Gasteiger partial charge is 0.411 e. The Bertz CT molecular complexity index is 665. The van der Waals surface area contributed by atoms with Crippen LogP contribution < -0.4 is 21.1 Å². The third kappa shape index (κ3) is 3.23. The van der Waals surface area contributed by atoms with Gasteiger partial charge in [-0.3, -0.25) is 4.98 Å². The van der Waals surface area contributed by atoms with E-state index < -0.39 is 6.09 Å². The zero-order valence-electron chi connectivity index (χ0n) is 11.3. The molecule has 0 aliphatic carbocycles. The van der Waals surface area contributed by atoms with E-state index in [4.69, 9.17) is 10.5 Å². The van der Waals surface area contributed by atoms with Crippen molar-refractivity contribution in [2.24, 2.45) is 12.8 Å². The maximum Gasteiger partial charge on any atom is 0.411 e. The fraction of sp³-hybridized carbons (Fsp3) is 0.182. The lowest BCUT2D eigenvalue weighted by molar-refractivity contribution is 0.207. The van der Waals surface area contributed by atoms with Crippen LogP contribution in [-0.2, 0) is 7.05 Å². The first kappa shape index (κ1) is 14.2. The maximum atomic E-state index is 11.2. The smallest absolute Gasteiger partial charge is 0.389 e. The van der Waals surface area contributed by atoms with Crippen LogP contribution in [0.25, 0.3) is 11.4 Å². The molecule has 3 amide bonds. The van der Waals surface area contributed by atoms with Gasteiger partial charge in [0, 0.05) is 14.1 Å². The van der Waals surface area contributed by atoms with Gasteiger partial charge in [0.15, 0.2) is 5.69 Å². The van der Waals surface area contributed by atoms with E-state index in [-0.39, 0.29) is 17.6 Å². The molecule has 2 aromatic rings. The van der Waals surface area contributed by atoms with Gasteiger partial charge in [-0.1, -0.05) is 5.21 Å². The van der Waals surface area contributed by atoms with Gasteiger partial charge >= 0.3 is 12.1 Å². The molecule has 0 radical (unpaired) electrons. The summed E-state index contributed by atoms with van der Waals surface area (Å²) in [5.74, 6) is 0.0852. The molecular weight excluding hydrogens is 278 g/mol. The summed E-state index contributed by atoms with van der Waals surface area (Å²) in [6.07, 6.45) is 0.465. The lowest BCUT2D eigenvalue weighted by Crippen LogP contribution is -2.24. The number of rotatable bonds is 3. The first-order chi connectivity index (χ1) is 10.0. The molecule has 0 atom stereocenters. The molecule has 0 aliphatic rings. The monoisotopic (exact) mass is 291 g/mol. The average molecular weight is 291 g/mol. The van der Waals surface area contributed by atoms with Gasteiger partial charge < -0.3 is 21.1 Å². The van der Waals surface area contributed by atoms with Crippen molar-refractivity contribution < 1.29 is 14.3 Å². The summed E-state index contributed by atoms with van der Waals surface area (Å²) in [5, 5.41) is 12.6. The number of anilines is 1. The van der Waals surface area contributed by atoms with E-state index in [1.807, 2.05) is 0 Å². The highest BCUT2D eigenvalue weighted by molar-refractivity contribution is 5.88. The SMILES string of the molecule is CNC(=O)Nc1ccc(-c2nnn(C)c2OC(N)=O)nc1. The minimum atomic E-state index is -0.973. The zero-order chi connectivity index (χ0) is 15.4. The van der Waals surface area contributed by atoms with Gasteiger partial charge in [-0.15, -0.1) is 5.10 Å². The number of aromatic nitrogens is 4. The molecule has 0 bridgehead atoms. The zero-order valence-corrected chi connectivity index (χ0v) is 11.3. The maximum absolute atomic E-state index is 11.2. The van der Waals surface area contributed by atoms with Crippen molar-refractivity contribution in [2.45, 2.75) is 0 Å². The number of amides is 3. The predicted molar refractivity (Wildman–Crippen MR) is 72.5 cm³/mol. The topological polar surface area (TPSA) is 137 Å². The molecule has 2 heterocycles. The van der Waals surface area contributed by atoms with Gasteiger partial charge in [-0.25, -0.2) is 14.3 Å². The highest BCUT2D eigenvalue weighted by Crippen LogP contribution is 2.25. The van der Waals surface area contributed by atoms with Crippen LogP contribution in [0.3, 0.4) is 0 Å². The van der Waals surface area contributed by atoms with Crippen LogP contribution >= 0.6 is 0 Å². The van der Waals surface area contributed by atoms with Gasteiger partial charge in [0.25, 0.3) is 5.88 Å². The molecule has 0 aliphatic heterocycles. The molecule has 0 aromatic carbocycles. The molecule has 2 rings (SSSR count). The van der Waals surface area contributed by atoms with E-state index in [1.54, 1.807) is 19.2 Å². The number of primary amides is 1. The van der Waals surface area contributed by atoms with E-state index in [2.05, 4.69) is 25.9 Å². The van der Waals surface area contributed by atoms with Gasteiger partial charge in [-0.05, 0) is 12.1 Å². The molecule has 0 fully saturated rings. The summed E-state index contributed by atoms with van der Waals surface area (Å²) in [6, 6.07) is 2.87. The second-order valence-electron chi connectivity index (χ2n) is 3.92. The van der Waals surface area contributed by atoms with Crippen molar-refractivity contribution >= 4 is 17.8 Å². The predicted octanol–water partition coefficient (Wildman–Crippen LogP) is 0.0859. The number of ether oxygens (including phenoxy) is 1. The number of urea groups is 1. The summed E-state index contributed by atoms with van der Waals surface area (Å²) >= 11 is 0. The number of hydrogen-bond acceptors (Lipinski definition) is 6. The number of nitrogens with one attached hydrogen (secondary N) is 2. The number of carbonyl (C=O) groups excluding carboxylic acids is 2. The first-order valence-corrected chi connectivity index (χ1v) is 5.83. The Morgan fingerprint density at radius 3 is 2.71 bits per heavy atom. The molecule has 0 unspecified atom stereocenters. The summed E-state index contributed by atoms with van der Waals surface area (Å²) in [7, 11) is 3.06. The molecule has 4 N–H and O–H groups in total. The quantitative estimate of drug-likeness (QED) is 0.732. The molecule has 0 saturated heterocycles. The van der Waals surface area contributed by atoms with Crippen LogP contribution in [0.1, 0.15) is 0 Å². The number of carbonyl (C=O) groups is 2. The Balaban J connectivity index is 2.27. The Hall–Kier alpha value is -3.17. The summed E-state index contributed by atoms with van der Waals surface area (Å²) in [6.45, 7) is 0. The fourth-order valence-corrected chi connectivity index (χ4v) is 1.52. The van der Waals surface area contributed by atoms with Crippen LogP contribution in [0.2, 0.25) is 0 Å². The summed E-state index contributed by atoms with van der Waals surface area (Å²) in [5.41, 5.74) is 6.17. The third-order valence-corrected chi connectivity index (χ3v) is 2.46. The highest BCUT2D eigenvalue weighted by Gasteiger charge is 2.17. The van der Waals surface area contributed by atoms with Gasteiger partial charge in [0.1, 0.15) is 0 Å². The van der Waals surface area contributed by atoms with Gasteiger partial charge in [0.05, 0.1) is 17.6 Å². The highest BCUT2D eigenvalue weighted by atomic mass is 16.6. The second-order valence-corrected chi connectivity index (χ2v) is 3.92. The summed E-state index contributed by atoms with van der Waals surface area (Å²) in [4.78, 5) is 26.2. The number of nitrogens with zero attached hydrogens (tertiary/aromatic N) is 4. The molecule has 10 heteroatoms. The van der Waals surface area contributed by atoms with Crippen molar-refractivity contribution in [3.63, 3.8) is 0 Å². The Morgan fingerprint density at radius 1 is 1.38 bits per heavy atom. The average Bonchev–Trinajstić information content (AvgIpc) is 2.80. The normalized spacial score (nSPS) is 10.0. The number of pyridine rings is 1. The van der Waals surface area contributed by atoms with Gasteiger partial charge in [-0.2, -0.15) is 0 Å². The van der Waals surface area contributed by atoms with E-state index in [0.29, 0.717) is 11.4 Å². The van der Waals surface area contributed by atoms with E-state index in [1.165, 1.54) is 17.9 Å². The molecular formula is C11H13N7O3. The minimum Gasteiger partial charge on any atom is -0.389 e. The van der Waals surface area contributed by atoms with Crippen LogP contribution in [0, 0.1) is 0 Å². The number of hydrogen-bond donors (Lipinski definition) is 3. The third-order valence-electron chi connectivity index (χ3n) is 2.46. The number of aryl methyl sites for hydroxylation is 1. The molecule has 0 saturated carbocycles. The van der Waals surface area contributed by atoms with Crippen molar-refractivity contribution in [2.75, 3.05) is 12.4 Å². The Labute approximate surface area is 119 Å². The first-order valence-electron chi connectivity index (χ1n) is 5.83. The standard InChI is InChI=1S/C11H13N7O3/c1-13-11(20)15-6-3-4-7(14-5-6)8-9(21-10(12)19)18(2)17-16-8/h3-5H,1-2H3,(H2,12,19)(H2,13,15,20). The van der Waals surface area contributed by atoms with E-state index >= 15 is 0 Å². The van der Waals surface area contributed by atoms with Crippen LogP contribution in [0.15, 0.2) is 18.3 Å². The lowest BCUT2D eigenvalue weighted by atomic mass is 10.2. The Morgan fingerprint density at radius 2 is 2.14 bits per heavy atom. The van der Waals surface area contributed by atoms with Crippen LogP contribution in [-0.4, -0.2) is 39.1 Å². The molecule has 21 heavy (non-hydrogen) atoms. The molecule has 110 valence electrons. The van der Waals surface area contributed by atoms with Crippen molar-refractivity contribution in [1.29, 1.82) is 0 Å². The lowest BCUT2D eigenvalue weighted by Gasteiger charge is -2.05. The van der Waals surface area contributed by atoms with E-state index in [9.17, 15) is 9.59 Å². The second kappa shape index (κ2) is 5.86. The van der Waals surface area contributed by atoms with Crippen LogP contribution in [0.5, 0.6) is 5.88 Å².